The normalized spacial score (nSPS) is 9.67. The highest BCUT2D eigenvalue weighted by atomic mass is 16.5. The van der Waals surface area contributed by atoms with Gasteiger partial charge in [0.25, 0.3) is 0 Å². The van der Waals surface area contributed by atoms with Crippen LogP contribution in [0.2, 0.25) is 0 Å². The second-order valence-corrected chi connectivity index (χ2v) is 4.10. The van der Waals surface area contributed by atoms with Gasteiger partial charge in [-0.1, -0.05) is 32.0 Å². The summed E-state index contributed by atoms with van der Waals surface area (Å²) < 4.78 is 5.24. The van der Waals surface area contributed by atoms with E-state index in [1.807, 2.05) is 62.4 Å². The van der Waals surface area contributed by atoms with Gasteiger partial charge in [-0.2, -0.15) is 0 Å². The number of anilines is 2. The third-order valence-electron chi connectivity index (χ3n) is 2.88. The van der Waals surface area contributed by atoms with Gasteiger partial charge in [0, 0.05) is 11.1 Å². The minimum atomic E-state index is 0.773. The van der Waals surface area contributed by atoms with Crippen LogP contribution in [-0.2, 0) is 0 Å². The van der Waals surface area contributed by atoms with Crippen molar-refractivity contribution in [2.75, 3.05) is 12.4 Å². The van der Waals surface area contributed by atoms with Crippen molar-refractivity contribution in [1.29, 1.82) is 0 Å². The first-order chi connectivity index (χ1) is 10.4. The Morgan fingerprint density at radius 3 is 2.43 bits per heavy atom. The minimum absolute atomic E-state index is 0.773. The zero-order valence-electron chi connectivity index (χ0n) is 12.5. The predicted octanol–water partition coefficient (Wildman–Crippen LogP) is 4.41. The van der Waals surface area contributed by atoms with Crippen molar-refractivity contribution in [3.8, 4) is 5.75 Å². The van der Waals surface area contributed by atoms with Crippen molar-refractivity contribution in [2.45, 2.75) is 13.8 Å². The van der Waals surface area contributed by atoms with Gasteiger partial charge in [0.15, 0.2) is 0 Å². The summed E-state index contributed by atoms with van der Waals surface area (Å²) in [5.41, 5.74) is 1.87. The van der Waals surface area contributed by atoms with Gasteiger partial charge in [0.2, 0.25) is 0 Å². The molecule has 0 aliphatic carbocycles. The summed E-state index contributed by atoms with van der Waals surface area (Å²) in [5, 5.41) is 4.23. The van der Waals surface area contributed by atoms with E-state index in [0.717, 1.165) is 28.2 Å². The number of nitrogens with zero attached hydrogens (tertiary/aromatic N) is 2. The maximum absolute atomic E-state index is 5.24. The van der Waals surface area contributed by atoms with Gasteiger partial charge in [0.05, 0.1) is 12.6 Å². The number of benzene rings is 2. The third-order valence-corrected chi connectivity index (χ3v) is 2.88. The summed E-state index contributed by atoms with van der Waals surface area (Å²) >= 11 is 0. The Morgan fingerprint density at radius 1 is 0.952 bits per heavy atom. The third kappa shape index (κ3) is 3.48. The van der Waals surface area contributed by atoms with Gasteiger partial charge in [-0.25, -0.2) is 9.97 Å². The average molecular weight is 281 g/mol. The molecule has 4 nitrogen and oxygen atoms in total. The lowest BCUT2D eigenvalue weighted by molar-refractivity contribution is 0.415. The molecule has 3 rings (SSSR count). The zero-order chi connectivity index (χ0) is 15.1. The topological polar surface area (TPSA) is 47.0 Å². The Kier molecular flexibility index (Phi) is 5.10. The van der Waals surface area contributed by atoms with Crippen molar-refractivity contribution in [1.82, 2.24) is 9.97 Å². The van der Waals surface area contributed by atoms with Crippen molar-refractivity contribution in [3.63, 3.8) is 0 Å². The Morgan fingerprint density at radius 2 is 1.71 bits per heavy atom. The van der Waals surface area contributed by atoms with Crippen LogP contribution in [0, 0.1) is 0 Å². The van der Waals surface area contributed by atoms with Crippen LogP contribution >= 0.6 is 0 Å². The van der Waals surface area contributed by atoms with Gasteiger partial charge >= 0.3 is 0 Å². The van der Waals surface area contributed by atoms with E-state index in [1.54, 1.807) is 13.4 Å². The lowest BCUT2D eigenvalue weighted by Crippen LogP contribution is -1.96. The Hall–Kier alpha value is -2.62. The van der Waals surface area contributed by atoms with Crippen LogP contribution in [0.5, 0.6) is 5.75 Å². The molecule has 0 radical (unpaired) electrons. The number of para-hydroxylation sites is 1. The Balaban J connectivity index is 0.000000774. The minimum Gasteiger partial charge on any atom is -0.497 e. The van der Waals surface area contributed by atoms with E-state index in [9.17, 15) is 0 Å². The second-order valence-electron chi connectivity index (χ2n) is 4.10. The van der Waals surface area contributed by atoms with Crippen LogP contribution < -0.4 is 10.1 Å². The molecule has 0 spiro atoms. The fourth-order valence-corrected chi connectivity index (χ4v) is 1.92. The number of hydrogen-bond acceptors (Lipinski definition) is 4. The van der Waals surface area contributed by atoms with Gasteiger partial charge in [-0.15, -0.1) is 0 Å². The van der Waals surface area contributed by atoms with Crippen molar-refractivity contribution in [2.24, 2.45) is 0 Å². The first kappa shape index (κ1) is 14.8. The SMILES string of the molecule is CC.COc1ccc2ncnc(Nc3ccccc3)c2c1. The molecule has 3 aromatic rings. The highest BCUT2D eigenvalue weighted by molar-refractivity contribution is 5.91. The monoisotopic (exact) mass is 281 g/mol. The predicted molar refractivity (Wildman–Crippen MR) is 87.2 cm³/mol. The van der Waals surface area contributed by atoms with Gasteiger partial charge in [-0.3, -0.25) is 0 Å². The molecule has 0 bridgehead atoms. The summed E-state index contributed by atoms with van der Waals surface area (Å²) in [6.07, 6.45) is 1.56. The van der Waals surface area contributed by atoms with E-state index in [2.05, 4.69) is 15.3 Å². The van der Waals surface area contributed by atoms with Crippen LogP contribution in [0.1, 0.15) is 13.8 Å². The molecule has 0 fully saturated rings. The molecule has 0 aliphatic heterocycles. The first-order valence-corrected chi connectivity index (χ1v) is 6.97. The molecule has 0 unspecified atom stereocenters. The molecule has 1 N–H and O–H groups in total. The lowest BCUT2D eigenvalue weighted by atomic mass is 10.2. The van der Waals surface area contributed by atoms with E-state index in [-0.39, 0.29) is 0 Å². The van der Waals surface area contributed by atoms with Gasteiger partial charge < -0.3 is 10.1 Å². The van der Waals surface area contributed by atoms with Crippen molar-refractivity contribution in [3.05, 3.63) is 54.9 Å². The van der Waals surface area contributed by atoms with Crippen molar-refractivity contribution >= 4 is 22.4 Å². The summed E-state index contributed by atoms with van der Waals surface area (Å²) in [6, 6.07) is 15.7. The maximum atomic E-state index is 5.24. The Bertz CT molecular complexity index is 699. The molecule has 4 heteroatoms. The standard InChI is InChI=1S/C15H13N3O.C2H6/c1-19-12-7-8-14-13(9-12)15(17-10-16-14)18-11-5-3-2-4-6-11;1-2/h2-10H,1H3,(H,16,17,18);1-2H3. The number of methoxy groups -OCH3 is 1. The van der Waals surface area contributed by atoms with Gasteiger partial charge in [-0.05, 0) is 30.3 Å². The van der Waals surface area contributed by atoms with Crippen molar-refractivity contribution < 1.29 is 4.74 Å². The molecule has 0 saturated carbocycles. The van der Waals surface area contributed by atoms with Crippen LogP contribution in [0.4, 0.5) is 11.5 Å². The number of nitrogens with one attached hydrogen (secondary N) is 1. The summed E-state index contributed by atoms with van der Waals surface area (Å²) in [4.78, 5) is 8.55. The fraction of sp³-hybridized carbons (Fsp3) is 0.176. The van der Waals surface area contributed by atoms with E-state index >= 15 is 0 Å². The van der Waals surface area contributed by atoms with Gasteiger partial charge in [0.1, 0.15) is 17.9 Å². The molecule has 0 saturated heterocycles. The van der Waals surface area contributed by atoms with Crippen LogP contribution in [-0.4, -0.2) is 17.1 Å². The maximum Gasteiger partial charge on any atom is 0.141 e. The molecule has 1 aromatic heterocycles. The molecule has 2 aromatic carbocycles. The van der Waals surface area contributed by atoms with E-state index in [0.29, 0.717) is 0 Å². The molecular formula is C17H19N3O. The average Bonchev–Trinajstić information content (AvgIpc) is 2.57. The van der Waals surface area contributed by atoms with Crippen LogP contribution in [0.3, 0.4) is 0 Å². The molecule has 108 valence electrons. The fourth-order valence-electron chi connectivity index (χ4n) is 1.92. The van der Waals surface area contributed by atoms with Crippen LogP contribution in [0.15, 0.2) is 54.9 Å². The first-order valence-electron chi connectivity index (χ1n) is 6.97. The van der Waals surface area contributed by atoms with E-state index in [4.69, 9.17) is 4.74 Å². The Labute approximate surface area is 124 Å². The summed E-state index contributed by atoms with van der Waals surface area (Å²) in [5.74, 6) is 1.56. The number of aromatic nitrogens is 2. The lowest BCUT2D eigenvalue weighted by Gasteiger charge is -2.09. The molecule has 0 atom stereocenters. The molecule has 1 heterocycles. The number of fused-ring (bicyclic) bond motifs is 1. The summed E-state index contributed by atoms with van der Waals surface area (Å²) in [6.45, 7) is 4.00. The van der Waals surface area contributed by atoms with Crippen LogP contribution in [0.25, 0.3) is 10.9 Å². The summed E-state index contributed by atoms with van der Waals surface area (Å²) in [7, 11) is 1.65. The molecule has 0 amide bonds. The molecular weight excluding hydrogens is 262 g/mol. The highest BCUT2D eigenvalue weighted by Crippen LogP contribution is 2.26. The van der Waals surface area contributed by atoms with E-state index in [1.165, 1.54) is 0 Å². The van der Waals surface area contributed by atoms with E-state index < -0.39 is 0 Å². The quantitative estimate of drug-likeness (QED) is 0.772. The number of ether oxygens (including phenoxy) is 1. The number of hydrogen-bond donors (Lipinski definition) is 1. The highest BCUT2D eigenvalue weighted by Gasteiger charge is 2.05. The smallest absolute Gasteiger partial charge is 0.141 e. The zero-order valence-corrected chi connectivity index (χ0v) is 12.5. The molecule has 0 aliphatic rings. The molecule has 21 heavy (non-hydrogen) atoms. The second kappa shape index (κ2) is 7.24. The number of rotatable bonds is 3. The largest absolute Gasteiger partial charge is 0.497 e.